The van der Waals surface area contributed by atoms with Crippen LogP contribution < -0.4 is 10.1 Å². The van der Waals surface area contributed by atoms with E-state index >= 15 is 0 Å². The van der Waals surface area contributed by atoms with Crippen molar-refractivity contribution in [2.24, 2.45) is 0 Å². The van der Waals surface area contributed by atoms with Crippen LogP contribution in [-0.2, 0) is 12.0 Å². The first-order valence-electron chi connectivity index (χ1n) is 9.24. The van der Waals surface area contributed by atoms with E-state index in [0.29, 0.717) is 18.8 Å². The Labute approximate surface area is 163 Å². The minimum Gasteiger partial charge on any atom is -0.488 e. The summed E-state index contributed by atoms with van der Waals surface area (Å²) in [6, 6.07) is 17.9. The zero-order chi connectivity index (χ0) is 20.1. The number of hydrogen-bond acceptors (Lipinski definition) is 2. The number of rotatable bonds is 8. The Morgan fingerprint density at radius 2 is 1.79 bits per heavy atom. The van der Waals surface area contributed by atoms with Crippen molar-refractivity contribution in [2.45, 2.75) is 32.2 Å². The van der Waals surface area contributed by atoms with Crippen molar-refractivity contribution < 1.29 is 17.9 Å². The smallest absolute Gasteiger partial charge is 0.272 e. The maximum Gasteiger partial charge on any atom is 0.272 e. The van der Waals surface area contributed by atoms with Gasteiger partial charge in [-0.05, 0) is 46.2 Å². The fourth-order valence-electron chi connectivity index (χ4n) is 3.36. The number of benzene rings is 3. The molecule has 3 rings (SSSR count). The van der Waals surface area contributed by atoms with Crippen LogP contribution in [0, 0.1) is 5.82 Å². The summed E-state index contributed by atoms with van der Waals surface area (Å²) in [5, 5.41) is 5.35. The fourth-order valence-corrected chi connectivity index (χ4v) is 3.36. The zero-order valence-corrected chi connectivity index (χ0v) is 16.0. The van der Waals surface area contributed by atoms with E-state index in [4.69, 9.17) is 4.74 Å². The van der Waals surface area contributed by atoms with Crippen LogP contribution in [0.2, 0.25) is 0 Å². The van der Waals surface area contributed by atoms with Crippen LogP contribution in [0.5, 0.6) is 5.75 Å². The third-order valence-corrected chi connectivity index (χ3v) is 4.74. The van der Waals surface area contributed by atoms with Gasteiger partial charge in [-0.25, -0.2) is 13.2 Å². The second kappa shape index (κ2) is 8.65. The Morgan fingerprint density at radius 3 is 2.57 bits per heavy atom. The number of nitrogens with one attached hydrogen (secondary N) is 1. The molecule has 0 atom stereocenters. The summed E-state index contributed by atoms with van der Waals surface area (Å²) in [5.74, 6) is 0.199. The molecule has 0 bridgehead atoms. The lowest BCUT2D eigenvalue weighted by molar-refractivity contribution is 0.0818. The number of alkyl halides is 2. The molecule has 148 valence electrons. The molecule has 0 aliphatic carbocycles. The van der Waals surface area contributed by atoms with Crippen LogP contribution in [0.25, 0.3) is 10.8 Å². The van der Waals surface area contributed by atoms with E-state index in [9.17, 15) is 13.2 Å². The first-order valence-corrected chi connectivity index (χ1v) is 9.24. The van der Waals surface area contributed by atoms with Gasteiger partial charge in [-0.1, -0.05) is 50.2 Å². The summed E-state index contributed by atoms with van der Waals surface area (Å²) < 4.78 is 43.2. The van der Waals surface area contributed by atoms with Crippen molar-refractivity contribution in [1.82, 2.24) is 5.32 Å². The summed E-state index contributed by atoms with van der Waals surface area (Å²) in [6.07, 6.45) is -2.49. The number of hydrogen-bond donors (Lipinski definition) is 1. The highest BCUT2D eigenvalue weighted by atomic mass is 19.3. The van der Waals surface area contributed by atoms with Crippen molar-refractivity contribution in [3.8, 4) is 5.75 Å². The van der Waals surface area contributed by atoms with E-state index in [2.05, 4.69) is 25.2 Å². The van der Waals surface area contributed by atoms with Gasteiger partial charge in [-0.2, -0.15) is 0 Å². The average Bonchev–Trinajstić information content (AvgIpc) is 2.66. The second-order valence-corrected chi connectivity index (χ2v) is 7.51. The third-order valence-electron chi connectivity index (χ3n) is 4.74. The minimum absolute atomic E-state index is 0.179. The maximum absolute atomic E-state index is 13.5. The van der Waals surface area contributed by atoms with E-state index in [-0.39, 0.29) is 11.2 Å². The lowest BCUT2D eigenvalue weighted by atomic mass is 9.81. The van der Waals surface area contributed by atoms with Gasteiger partial charge in [0, 0.05) is 18.5 Å². The van der Waals surface area contributed by atoms with Crippen LogP contribution in [-0.4, -0.2) is 19.6 Å². The van der Waals surface area contributed by atoms with Crippen molar-refractivity contribution in [3.63, 3.8) is 0 Å². The molecule has 0 saturated heterocycles. The second-order valence-electron chi connectivity index (χ2n) is 7.51. The molecule has 0 saturated carbocycles. The summed E-state index contributed by atoms with van der Waals surface area (Å²) in [5.41, 5.74) is 1.93. The maximum atomic E-state index is 13.5. The van der Waals surface area contributed by atoms with Gasteiger partial charge in [0.25, 0.3) is 6.43 Å². The van der Waals surface area contributed by atoms with Crippen LogP contribution in [0.15, 0.2) is 60.7 Å². The SMILES string of the molecule is CC(C)(CNCc1cccc(OCC(F)F)c1)c1cccc2cc(F)ccc12. The minimum atomic E-state index is -2.49. The van der Waals surface area contributed by atoms with Crippen molar-refractivity contribution >= 4 is 10.8 Å². The molecule has 0 amide bonds. The number of ether oxygens (including phenoxy) is 1. The number of halogens is 3. The standard InChI is InChI=1S/C23H24F3NO/c1-23(2,21-8-4-6-17-12-18(24)9-10-20(17)21)15-27-13-16-5-3-7-19(11-16)28-14-22(25)26/h3-12,22,27H,13-15H2,1-2H3. The Morgan fingerprint density at radius 1 is 1.00 bits per heavy atom. The quantitative estimate of drug-likeness (QED) is 0.536. The van der Waals surface area contributed by atoms with Crippen molar-refractivity contribution in [1.29, 1.82) is 0 Å². The van der Waals surface area contributed by atoms with Crippen molar-refractivity contribution in [3.05, 3.63) is 77.6 Å². The van der Waals surface area contributed by atoms with Crippen LogP contribution >= 0.6 is 0 Å². The van der Waals surface area contributed by atoms with E-state index < -0.39 is 13.0 Å². The predicted molar refractivity (Wildman–Crippen MR) is 107 cm³/mol. The number of fused-ring (bicyclic) bond motifs is 1. The van der Waals surface area contributed by atoms with Gasteiger partial charge in [-0.15, -0.1) is 0 Å². The largest absolute Gasteiger partial charge is 0.488 e. The molecular weight excluding hydrogens is 363 g/mol. The Hall–Kier alpha value is -2.53. The van der Waals surface area contributed by atoms with E-state index in [1.54, 1.807) is 24.3 Å². The predicted octanol–water partition coefficient (Wildman–Crippen LogP) is 5.69. The molecule has 3 aromatic carbocycles. The highest BCUT2D eigenvalue weighted by Gasteiger charge is 2.22. The topological polar surface area (TPSA) is 21.3 Å². The Balaban J connectivity index is 1.67. The van der Waals surface area contributed by atoms with Gasteiger partial charge in [0.15, 0.2) is 0 Å². The summed E-state index contributed by atoms with van der Waals surface area (Å²) >= 11 is 0. The Bertz CT molecular complexity index is 940. The summed E-state index contributed by atoms with van der Waals surface area (Å²) in [7, 11) is 0. The normalized spacial score (nSPS) is 11.9. The molecule has 3 aromatic rings. The van der Waals surface area contributed by atoms with Gasteiger partial charge < -0.3 is 10.1 Å². The van der Waals surface area contributed by atoms with Crippen LogP contribution in [0.3, 0.4) is 0 Å². The molecule has 0 aliphatic heterocycles. The molecule has 0 aliphatic rings. The van der Waals surface area contributed by atoms with Crippen molar-refractivity contribution in [2.75, 3.05) is 13.2 Å². The molecule has 28 heavy (non-hydrogen) atoms. The molecular formula is C23H24F3NO. The van der Waals surface area contributed by atoms with Crippen LogP contribution in [0.4, 0.5) is 13.2 Å². The molecule has 0 unspecified atom stereocenters. The first-order chi connectivity index (χ1) is 13.3. The summed E-state index contributed by atoms with van der Waals surface area (Å²) in [6.45, 7) is 4.96. The highest BCUT2D eigenvalue weighted by Crippen LogP contribution is 2.30. The van der Waals surface area contributed by atoms with Gasteiger partial charge in [0.1, 0.15) is 18.2 Å². The zero-order valence-electron chi connectivity index (χ0n) is 16.0. The van der Waals surface area contributed by atoms with Gasteiger partial charge in [0.05, 0.1) is 0 Å². The lowest BCUT2D eigenvalue weighted by Gasteiger charge is -2.27. The fraction of sp³-hybridized carbons (Fsp3) is 0.304. The third kappa shape index (κ3) is 5.04. The lowest BCUT2D eigenvalue weighted by Crippen LogP contribution is -2.32. The van der Waals surface area contributed by atoms with Crippen LogP contribution in [0.1, 0.15) is 25.0 Å². The highest BCUT2D eigenvalue weighted by molar-refractivity contribution is 5.86. The van der Waals surface area contributed by atoms with Gasteiger partial charge in [0.2, 0.25) is 0 Å². The molecule has 1 N–H and O–H groups in total. The molecule has 2 nitrogen and oxygen atoms in total. The monoisotopic (exact) mass is 387 g/mol. The molecule has 0 spiro atoms. The van der Waals surface area contributed by atoms with Gasteiger partial charge >= 0.3 is 0 Å². The van der Waals surface area contributed by atoms with Gasteiger partial charge in [-0.3, -0.25) is 0 Å². The van der Waals surface area contributed by atoms with E-state index in [1.807, 2.05) is 24.3 Å². The molecule has 0 aromatic heterocycles. The Kier molecular flexibility index (Phi) is 6.25. The van der Waals surface area contributed by atoms with E-state index in [0.717, 1.165) is 21.9 Å². The average molecular weight is 387 g/mol. The molecule has 5 heteroatoms. The molecule has 0 fully saturated rings. The van der Waals surface area contributed by atoms with E-state index in [1.165, 1.54) is 6.07 Å². The first kappa shape index (κ1) is 20.2. The molecule has 0 heterocycles. The summed E-state index contributed by atoms with van der Waals surface area (Å²) in [4.78, 5) is 0. The molecule has 0 radical (unpaired) electrons.